The van der Waals surface area contributed by atoms with Gasteiger partial charge in [0.05, 0.1) is 6.54 Å². The van der Waals surface area contributed by atoms with Crippen molar-refractivity contribution in [2.45, 2.75) is 39.7 Å². The van der Waals surface area contributed by atoms with Gasteiger partial charge in [-0.3, -0.25) is 4.79 Å². The third kappa shape index (κ3) is 3.76. The third-order valence-electron chi connectivity index (χ3n) is 3.36. The predicted molar refractivity (Wildman–Crippen MR) is 68.3 cm³/mol. The molecule has 2 heterocycles. The average molecular weight is 267 g/mol. The van der Waals surface area contributed by atoms with E-state index in [0.29, 0.717) is 50.2 Å². The molecule has 6 nitrogen and oxygen atoms in total. The molecule has 1 saturated heterocycles. The Balaban J connectivity index is 1.89. The largest absolute Gasteiger partial charge is 0.423 e. The minimum Gasteiger partial charge on any atom is -0.423 e. The number of amides is 1. The number of aromatic nitrogens is 2. The second-order valence-corrected chi connectivity index (χ2v) is 4.78. The minimum absolute atomic E-state index is 0.134. The number of nitrogens with zero attached hydrogens (tertiary/aromatic N) is 3. The summed E-state index contributed by atoms with van der Waals surface area (Å²) in [6.45, 7) is 6.43. The number of aryl methyl sites for hydroxylation is 1. The van der Waals surface area contributed by atoms with Crippen LogP contribution < -0.4 is 0 Å². The number of hydrogen-bond acceptors (Lipinski definition) is 5. The molecule has 0 unspecified atom stereocenters. The van der Waals surface area contributed by atoms with Gasteiger partial charge in [0.25, 0.3) is 0 Å². The zero-order chi connectivity index (χ0) is 13.7. The van der Waals surface area contributed by atoms with E-state index in [1.54, 1.807) is 4.90 Å². The van der Waals surface area contributed by atoms with Crippen LogP contribution in [0, 0.1) is 5.92 Å². The van der Waals surface area contributed by atoms with Crippen molar-refractivity contribution in [3.8, 4) is 0 Å². The molecule has 1 atom stereocenters. The van der Waals surface area contributed by atoms with Crippen LogP contribution in [0.5, 0.6) is 0 Å². The maximum atomic E-state index is 12.2. The molecule has 0 saturated carbocycles. The highest BCUT2D eigenvalue weighted by Gasteiger charge is 2.23. The minimum atomic E-state index is 0.134. The average Bonchev–Trinajstić information content (AvgIpc) is 3.06. The van der Waals surface area contributed by atoms with Crippen LogP contribution in [0.25, 0.3) is 0 Å². The van der Waals surface area contributed by atoms with Gasteiger partial charge in [-0.25, -0.2) is 0 Å². The molecule has 1 amide bonds. The smallest absolute Gasteiger partial charge is 0.235 e. The van der Waals surface area contributed by atoms with Gasteiger partial charge in [0.1, 0.15) is 0 Å². The molecule has 2 rings (SSSR count). The Morgan fingerprint density at radius 3 is 2.74 bits per heavy atom. The molecule has 1 fully saturated rings. The second kappa shape index (κ2) is 6.65. The highest BCUT2D eigenvalue weighted by molar-refractivity contribution is 5.76. The van der Waals surface area contributed by atoms with Gasteiger partial charge in [0, 0.05) is 32.6 Å². The lowest BCUT2D eigenvalue weighted by molar-refractivity contribution is -0.133. The standard InChI is InChI=1S/C13H21N3O3/c1-3-11-14-15-12(19-11)8-16(4-2)13(17)7-10-5-6-18-9-10/h10H,3-9H2,1-2H3/t10-/m1/s1. The Labute approximate surface area is 113 Å². The zero-order valence-electron chi connectivity index (χ0n) is 11.6. The summed E-state index contributed by atoms with van der Waals surface area (Å²) >= 11 is 0. The number of hydrogen-bond donors (Lipinski definition) is 0. The van der Waals surface area contributed by atoms with Crippen molar-refractivity contribution >= 4 is 5.91 Å². The first kappa shape index (κ1) is 14.0. The predicted octanol–water partition coefficient (Wildman–Crippen LogP) is 1.41. The van der Waals surface area contributed by atoms with Crippen molar-refractivity contribution in [1.29, 1.82) is 0 Å². The maximum Gasteiger partial charge on any atom is 0.235 e. The SMILES string of the molecule is CCc1nnc(CN(CC)C(=O)C[C@H]2CCOC2)o1. The molecule has 0 N–H and O–H groups in total. The van der Waals surface area contributed by atoms with E-state index in [4.69, 9.17) is 9.15 Å². The van der Waals surface area contributed by atoms with Crippen LogP contribution in [-0.2, 0) is 22.5 Å². The van der Waals surface area contributed by atoms with Crippen LogP contribution in [0.1, 0.15) is 38.5 Å². The zero-order valence-corrected chi connectivity index (χ0v) is 11.6. The molecule has 0 bridgehead atoms. The molecule has 1 aromatic rings. The molecule has 1 aliphatic rings. The van der Waals surface area contributed by atoms with E-state index in [0.717, 1.165) is 13.0 Å². The molecular weight excluding hydrogens is 246 g/mol. The molecule has 19 heavy (non-hydrogen) atoms. The van der Waals surface area contributed by atoms with Gasteiger partial charge < -0.3 is 14.1 Å². The van der Waals surface area contributed by atoms with Crippen LogP contribution in [0.3, 0.4) is 0 Å². The topological polar surface area (TPSA) is 68.5 Å². The summed E-state index contributed by atoms with van der Waals surface area (Å²) in [5.74, 6) is 1.61. The molecule has 0 spiro atoms. The van der Waals surface area contributed by atoms with Gasteiger partial charge in [0.2, 0.25) is 17.7 Å². The van der Waals surface area contributed by atoms with Gasteiger partial charge in [-0.2, -0.15) is 0 Å². The Hall–Kier alpha value is -1.43. The molecule has 1 aliphatic heterocycles. The van der Waals surface area contributed by atoms with E-state index in [1.165, 1.54) is 0 Å². The first-order valence-corrected chi connectivity index (χ1v) is 6.89. The van der Waals surface area contributed by atoms with Crippen LogP contribution in [0.2, 0.25) is 0 Å². The monoisotopic (exact) mass is 267 g/mol. The van der Waals surface area contributed by atoms with Crippen molar-refractivity contribution in [2.75, 3.05) is 19.8 Å². The van der Waals surface area contributed by atoms with E-state index >= 15 is 0 Å². The van der Waals surface area contributed by atoms with Gasteiger partial charge in [-0.1, -0.05) is 6.92 Å². The summed E-state index contributed by atoms with van der Waals surface area (Å²) < 4.78 is 10.7. The van der Waals surface area contributed by atoms with Gasteiger partial charge in [0.15, 0.2) is 0 Å². The van der Waals surface area contributed by atoms with Crippen LogP contribution in [0.15, 0.2) is 4.42 Å². The van der Waals surface area contributed by atoms with Crippen molar-refractivity contribution in [3.05, 3.63) is 11.8 Å². The van der Waals surface area contributed by atoms with E-state index in [9.17, 15) is 4.79 Å². The Bertz CT molecular complexity index is 413. The lowest BCUT2D eigenvalue weighted by Gasteiger charge is -2.20. The molecule has 1 aromatic heterocycles. The molecule has 0 aliphatic carbocycles. The first-order valence-electron chi connectivity index (χ1n) is 6.89. The summed E-state index contributed by atoms with van der Waals surface area (Å²) in [6.07, 6.45) is 2.24. The fourth-order valence-electron chi connectivity index (χ4n) is 2.16. The summed E-state index contributed by atoms with van der Waals surface area (Å²) in [7, 11) is 0. The normalized spacial score (nSPS) is 18.7. The number of carbonyl (C=O) groups is 1. The van der Waals surface area contributed by atoms with E-state index in [-0.39, 0.29) is 5.91 Å². The Morgan fingerprint density at radius 1 is 1.37 bits per heavy atom. The molecular formula is C13H21N3O3. The van der Waals surface area contributed by atoms with Gasteiger partial charge in [-0.05, 0) is 19.3 Å². The fourth-order valence-corrected chi connectivity index (χ4v) is 2.16. The van der Waals surface area contributed by atoms with Crippen LogP contribution in [0.4, 0.5) is 0 Å². The summed E-state index contributed by atoms with van der Waals surface area (Å²) in [5.41, 5.74) is 0. The lowest BCUT2D eigenvalue weighted by atomic mass is 10.0. The maximum absolute atomic E-state index is 12.2. The molecule has 6 heteroatoms. The lowest BCUT2D eigenvalue weighted by Crippen LogP contribution is -2.32. The van der Waals surface area contributed by atoms with Crippen LogP contribution >= 0.6 is 0 Å². The van der Waals surface area contributed by atoms with Crippen molar-refractivity contribution in [1.82, 2.24) is 15.1 Å². The highest BCUT2D eigenvalue weighted by atomic mass is 16.5. The van der Waals surface area contributed by atoms with Crippen molar-refractivity contribution in [2.24, 2.45) is 5.92 Å². The number of carbonyl (C=O) groups excluding carboxylic acids is 1. The Kier molecular flexibility index (Phi) is 4.90. The summed E-state index contributed by atoms with van der Waals surface area (Å²) in [5, 5.41) is 7.86. The van der Waals surface area contributed by atoms with Crippen LogP contribution in [-0.4, -0.2) is 40.8 Å². The van der Waals surface area contributed by atoms with E-state index in [2.05, 4.69) is 10.2 Å². The first-order chi connectivity index (χ1) is 9.22. The van der Waals surface area contributed by atoms with Crippen molar-refractivity contribution in [3.63, 3.8) is 0 Å². The summed E-state index contributed by atoms with van der Waals surface area (Å²) in [4.78, 5) is 13.9. The number of ether oxygens (including phenoxy) is 1. The fraction of sp³-hybridized carbons (Fsp3) is 0.769. The molecule has 0 aromatic carbocycles. The van der Waals surface area contributed by atoms with E-state index < -0.39 is 0 Å². The number of rotatable bonds is 6. The van der Waals surface area contributed by atoms with Gasteiger partial charge >= 0.3 is 0 Å². The van der Waals surface area contributed by atoms with E-state index in [1.807, 2.05) is 13.8 Å². The quantitative estimate of drug-likeness (QED) is 0.779. The van der Waals surface area contributed by atoms with Crippen molar-refractivity contribution < 1.29 is 13.9 Å². The Morgan fingerprint density at radius 2 is 2.16 bits per heavy atom. The second-order valence-electron chi connectivity index (χ2n) is 4.78. The highest BCUT2D eigenvalue weighted by Crippen LogP contribution is 2.18. The summed E-state index contributed by atoms with van der Waals surface area (Å²) in [6, 6.07) is 0. The molecule has 0 radical (unpaired) electrons. The third-order valence-corrected chi connectivity index (χ3v) is 3.36. The molecule has 106 valence electrons. The van der Waals surface area contributed by atoms with Gasteiger partial charge in [-0.15, -0.1) is 10.2 Å².